The van der Waals surface area contributed by atoms with Crippen molar-refractivity contribution in [3.05, 3.63) is 23.8 Å². The first-order valence-corrected chi connectivity index (χ1v) is 11.3. The summed E-state index contributed by atoms with van der Waals surface area (Å²) >= 11 is 0. The van der Waals surface area contributed by atoms with Crippen molar-refractivity contribution >= 4 is 23.5 Å². The Morgan fingerprint density at radius 1 is 1.13 bits per heavy atom. The van der Waals surface area contributed by atoms with Crippen LogP contribution in [0, 0.1) is 34.5 Å². The zero-order valence-corrected chi connectivity index (χ0v) is 18.8. The molecule has 0 aromatic heterocycles. The van der Waals surface area contributed by atoms with Crippen LogP contribution < -0.4 is 0 Å². The van der Waals surface area contributed by atoms with E-state index in [0.29, 0.717) is 12.8 Å². The normalized spacial score (nSPS) is 39.7. The van der Waals surface area contributed by atoms with Gasteiger partial charge in [-0.25, -0.2) is 0 Å². The van der Waals surface area contributed by atoms with Crippen LogP contribution in [0.15, 0.2) is 23.8 Å². The van der Waals surface area contributed by atoms with Gasteiger partial charge in [0.25, 0.3) is 0 Å². The number of allylic oxidation sites excluding steroid dienone is 4. The highest BCUT2D eigenvalue weighted by atomic mass is 16.6. The molecule has 0 aliphatic heterocycles. The minimum absolute atomic E-state index is 0.0220. The number of carbonyl (C=O) groups is 4. The van der Waals surface area contributed by atoms with Crippen LogP contribution in [0.2, 0.25) is 0 Å². The van der Waals surface area contributed by atoms with Gasteiger partial charge in [-0.15, -0.1) is 0 Å². The average molecular weight is 429 g/mol. The number of ketones is 2. The molecule has 2 saturated carbocycles. The van der Waals surface area contributed by atoms with Gasteiger partial charge in [-0.1, -0.05) is 26.0 Å². The Bertz CT molecular complexity index is 884. The lowest BCUT2D eigenvalue weighted by Gasteiger charge is -2.55. The van der Waals surface area contributed by atoms with Gasteiger partial charge in [0.2, 0.25) is 0 Å². The molecule has 4 aliphatic carbocycles. The second-order valence-corrected chi connectivity index (χ2v) is 10.2. The van der Waals surface area contributed by atoms with Gasteiger partial charge in [-0.2, -0.15) is 0 Å². The lowest BCUT2D eigenvalue weighted by molar-refractivity contribution is -0.168. The van der Waals surface area contributed by atoms with Gasteiger partial charge in [0.1, 0.15) is 18.5 Å². The molecule has 168 valence electrons. The number of carbonyl (C=O) groups excluding carboxylic acids is 4. The van der Waals surface area contributed by atoms with Crippen LogP contribution in [-0.4, -0.2) is 36.2 Å². The number of fused-ring (bicyclic) bond motifs is 5. The lowest BCUT2D eigenvalue weighted by atomic mass is 9.48. The Hall–Kier alpha value is -2.24. The molecule has 0 spiro atoms. The Kier molecular flexibility index (Phi) is 5.47. The number of hydrogen-bond acceptors (Lipinski definition) is 6. The zero-order valence-electron chi connectivity index (χ0n) is 18.8. The molecule has 7 atom stereocenters. The Balaban J connectivity index is 1.67. The van der Waals surface area contributed by atoms with Gasteiger partial charge < -0.3 is 9.47 Å². The molecule has 4 rings (SSSR count). The van der Waals surface area contributed by atoms with E-state index >= 15 is 0 Å². The number of Topliss-reactive ketones (excluding diaryl/α,β-unsaturated/α-hetero) is 1. The maximum Gasteiger partial charge on any atom is 0.303 e. The molecule has 0 aromatic carbocycles. The summed E-state index contributed by atoms with van der Waals surface area (Å²) in [4.78, 5) is 48.8. The van der Waals surface area contributed by atoms with Crippen molar-refractivity contribution in [2.45, 2.75) is 65.9 Å². The van der Waals surface area contributed by atoms with Crippen molar-refractivity contribution < 1.29 is 28.7 Å². The van der Waals surface area contributed by atoms with E-state index in [1.165, 1.54) is 13.8 Å². The Morgan fingerprint density at radius 3 is 2.55 bits per heavy atom. The summed E-state index contributed by atoms with van der Waals surface area (Å²) in [6, 6.07) is 0. The average Bonchev–Trinajstić information content (AvgIpc) is 3.05. The zero-order chi connectivity index (χ0) is 22.6. The molecule has 2 fully saturated rings. The van der Waals surface area contributed by atoms with Crippen LogP contribution in [0.4, 0.5) is 0 Å². The Morgan fingerprint density at radius 2 is 1.87 bits per heavy atom. The summed E-state index contributed by atoms with van der Waals surface area (Å²) in [7, 11) is 0. The quantitative estimate of drug-likeness (QED) is 0.636. The monoisotopic (exact) mass is 428 g/mol. The van der Waals surface area contributed by atoms with Crippen molar-refractivity contribution in [3.8, 4) is 0 Å². The third kappa shape index (κ3) is 3.48. The number of rotatable bonds is 4. The van der Waals surface area contributed by atoms with Crippen LogP contribution in [0.25, 0.3) is 0 Å². The van der Waals surface area contributed by atoms with Crippen molar-refractivity contribution in [3.63, 3.8) is 0 Å². The van der Waals surface area contributed by atoms with E-state index < -0.39 is 23.5 Å². The van der Waals surface area contributed by atoms with Gasteiger partial charge in [0, 0.05) is 38.0 Å². The number of hydrogen-bond donors (Lipinski definition) is 0. The smallest absolute Gasteiger partial charge is 0.303 e. The fourth-order valence-corrected chi connectivity index (χ4v) is 7.00. The fraction of sp³-hybridized carbons (Fsp3) is 0.680. The predicted molar refractivity (Wildman–Crippen MR) is 113 cm³/mol. The number of esters is 2. The van der Waals surface area contributed by atoms with E-state index in [-0.39, 0.29) is 47.3 Å². The summed E-state index contributed by atoms with van der Waals surface area (Å²) in [5.41, 5.74) is 0.270. The molecule has 0 bridgehead atoms. The molecule has 0 heterocycles. The van der Waals surface area contributed by atoms with Crippen molar-refractivity contribution in [2.24, 2.45) is 34.5 Å². The molecule has 4 aliphatic rings. The van der Waals surface area contributed by atoms with E-state index in [1.54, 1.807) is 6.08 Å². The van der Waals surface area contributed by atoms with Gasteiger partial charge in [0.15, 0.2) is 5.78 Å². The summed E-state index contributed by atoms with van der Waals surface area (Å²) in [6.07, 6.45) is 8.85. The summed E-state index contributed by atoms with van der Waals surface area (Å²) < 4.78 is 10.8. The van der Waals surface area contributed by atoms with Gasteiger partial charge in [0.05, 0.1) is 0 Å². The van der Waals surface area contributed by atoms with Gasteiger partial charge in [-0.05, 0) is 54.1 Å². The van der Waals surface area contributed by atoms with Gasteiger partial charge >= 0.3 is 11.9 Å². The van der Waals surface area contributed by atoms with Crippen LogP contribution in [0.5, 0.6) is 0 Å². The van der Waals surface area contributed by atoms with Crippen LogP contribution >= 0.6 is 0 Å². The van der Waals surface area contributed by atoms with E-state index in [9.17, 15) is 19.2 Å². The molecule has 0 N–H and O–H groups in total. The highest BCUT2D eigenvalue weighted by Gasteiger charge is 2.63. The van der Waals surface area contributed by atoms with Gasteiger partial charge in [-0.3, -0.25) is 19.2 Å². The Labute approximate surface area is 183 Å². The lowest BCUT2D eigenvalue weighted by Crippen LogP contribution is -2.55. The van der Waals surface area contributed by atoms with E-state index in [4.69, 9.17) is 9.47 Å². The molecule has 0 aromatic rings. The molecular formula is C25H32O6. The molecule has 0 amide bonds. The van der Waals surface area contributed by atoms with E-state index in [0.717, 1.165) is 24.8 Å². The molecule has 6 heteroatoms. The summed E-state index contributed by atoms with van der Waals surface area (Å²) in [5.74, 6) is -0.103. The van der Waals surface area contributed by atoms with E-state index in [2.05, 4.69) is 19.1 Å². The van der Waals surface area contributed by atoms with E-state index in [1.807, 2.05) is 6.92 Å². The van der Waals surface area contributed by atoms with Crippen molar-refractivity contribution in [1.29, 1.82) is 0 Å². The standard InChI is InChI=1S/C25H32O6/c1-14(26)30-13-22(31-15(2)27)20-8-7-19-18-6-5-16-11-17(28)9-10-24(16,3)21(18)12-23(29)25(19,20)4/h5-6,11,18-22H,7-10,12-13H2,1-4H3. The molecular weight excluding hydrogens is 396 g/mol. The van der Waals surface area contributed by atoms with Crippen LogP contribution in [-0.2, 0) is 28.7 Å². The highest BCUT2D eigenvalue weighted by Crippen LogP contribution is 2.64. The SMILES string of the molecule is CC(=O)OCC(OC(C)=O)C1CCC2C3C=CC4=CC(=O)CCC4(C)C3CC(=O)C12C. The van der Waals surface area contributed by atoms with Crippen molar-refractivity contribution in [1.82, 2.24) is 0 Å². The predicted octanol–water partition coefficient (Wildman–Crippen LogP) is 3.58. The molecule has 0 radical (unpaired) electrons. The maximum atomic E-state index is 13.7. The number of ether oxygens (including phenoxy) is 2. The highest BCUT2D eigenvalue weighted by molar-refractivity contribution is 5.93. The molecule has 7 unspecified atom stereocenters. The van der Waals surface area contributed by atoms with Crippen LogP contribution in [0.3, 0.4) is 0 Å². The molecule has 6 nitrogen and oxygen atoms in total. The first-order valence-electron chi connectivity index (χ1n) is 11.3. The maximum absolute atomic E-state index is 13.7. The molecule has 0 saturated heterocycles. The third-order valence-electron chi connectivity index (χ3n) is 8.66. The largest absolute Gasteiger partial charge is 0.462 e. The molecule has 31 heavy (non-hydrogen) atoms. The summed E-state index contributed by atoms with van der Waals surface area (Å²) in [6.45, 7) is 6.87. The second kappa shape index (κ2) is 7.72. The topological polar surface area (TPSA) is 86.7 Å². The van der Waals surface area contributed by atoms with Crippen molar-refractivity contribution in [2.75, 3.05) is 6.61 Å². The first-order chi connectivity index (χ1) is 14.6. The fourth-order valence-electron chi connectivity index (χ4n) is 7.00. The second-order valence-electron chi connectivity index (χ2n) is 10.2. The first kappa shape index (κ1) is 22.0. The summed E-state index contributed by atoms with van der Waals surface area (Å²) in [5, 5.41) is 0. The minimum atomic E-state index is -0.631. The third-order valence-corrected chi connectivity index (χ3v) is 8.66. The van der Waals surface area contributed by atoms with Crippen LogP contribution in [0.1, 0.15) is 59.8 Å². The minimum Gasteiger partial charge on any atom is -0.462 e.